The van der Waals surface area contributed by atoms with E-state index in [1.807, 2.05) is 17.6 Å². The van der Waals surface area contributed by atoms with Crippen molar-refractivity contribution in [1.29, 1.82) is 0 Å². The van der Waals surface area contributed by atoms with Crippen molar-refractivity contribution in [2.75, 3.05) is 32.8 Å². The van der Waals surface area contributed by atoms with E-state index in [-0.39, 0.29) is 5.56 Å². The largest absolute Gasteiger partial charge is 0.389 e. The minimum atomic E-state index is -0.429. The number of aliphatic hydroxyl groups excluding tert-OH is 1. The molecular weight excluding hydrogens is 268 g/mol. The Balaban J connectivity index is 1.69. The summed E-state index contributed by atoms with van der Waals surface area (Å²) in [7, 11) is 0. The molecule has 0 amide bonds. The molecule has 1 aromatic heterocycles. The van der Waals surface area contributed by atoms with Gasteiger partial charge in [0.2, 0.25) is 0 Å². The fourth-order valence-corrected chi connectivity index (χ4v) is 3.75. The number of aliphatic hydroxyl groups is 1. The monoisotopic (exact) mass is 292 g/mol. The van der Waals surface area contributed by atoms with E-state index >= 15 is 0 Å². The molecule has 116 valence electrons. The van der Waals surface area contributed by atoms with Gasteiger partial charge in [0.25, 0.3) is 5.56 Å². The molecule has 1 N–H and O–H groups in total. The van der Waals surface area contributed by atoms with Gasteiger partial charge in [0, 0.05) is 50.5 Å². The third-order valence-corrected chi connectivity index (χ3v) is 4.54. The highest BCUT2D eigenvalue weighted by Crippen LogP contribution is 2.34. The maximum Gasteiger partial charge on any atom is 0.250 e. The van der Waals surface area contributed by atoms with Crippen LogP contribution >= 0.6 is 0 Å². The van der Waals surface area contributed by atoms with Crippen molar-refractivity contribution in [3.8, 4) is 0 Å². The van der Waals surface area contributed by atoms with Gasteiger partial charge in [-0.3, -0.25) is 9.69 Å². The van der Waals surface area contributed by atoms with E-state index in [2.05, 4.69) is 11.0 Å². The smallest absolute Gasteiger partial charge is 0.250 e. The summed E-state index contributed by atoms with van der Waals surface area (Å²) >= 11 is 0. The van der Waals surface area contributed by atoms with Gasteiger partial charge in [0.15, 0.2) is 0 Å². The molecule has 3 rings (SSSR count). The summed E-state index contributed by atoms with van der Waals surface area (Å²) in [6.45, 7) is 6.32. The predicted octanol–water partition coefficient (Wildman–Crippen LogP) is 0.665. The molecule has 0 aromatic carbocycles. The van der Waals surface area contributed by atoms with Crippen LogP contribution in [0.25, 0.3) is 0 Å². The molecule has 5 nitrogen and oxygen atoms in total. The Morgan fingerprint density at radius 3 is 3.05 bits per heavy atom. The Labute approximate surface area is 125 Å². The van der Waals surface area contributed by atoms with Crippen LogP contribution in [0.5, 0.6) is 0 Å². The highest BCUT2D eigenvalue weighted by Gasteiger charge is 2.34. The molecule has 2 aliphatic heterocycles. The van der Waals surface area contributed by atoms with Gasteiger partial charge in [-0.05, 0) is 25.3 Å². The van der Waals surface area contributed by atoms with Gasteiger partial charge in [0.05, 0.1) is 12.7 Å². The van der Waals surface area contributed by atoms with Crippen molar-refractivity contribution < 1.29 is 9.84 Å². The van der Waals surface area contributed by atoms with Gasteiger partial charge in [-0.25, -0.2) is 0 Å². The van der Waals surface area contributed by atoms with Crippen LogP contribution in [-0.4, -0.2) is 53.5 Å². The number of ether oxygens (including phenoxy) is 1. The van der Waals surface area contributed by atoms with Crippen LogP contribution in [-0.2, 0) is 11.3 Å². The summed E-state index contributed by atoms with van der Waals surface area (Å²) < 4.78 is 7.22. The first-order valence-corrected chi connectivity index (χ1v) is 7.85. The van der Waals surface area contributed by atoms with Crippen LogP contribution < -0.4 is 5.56 Å². The maximum absolute atomic E-state index is 12.0. The molecule has 3 atom stereocenters. The molecular formula is C16H24N2O3. The summed E-state index contributed by atoms with van der Waals surface area (Å²) in [5.41, 5.74) is 1.27. The second-order valence-electron chi connectivity index (χ2n) is 6.23. The van der Waals surface area contributed by atoms with Crippen molar-refractivity contribution >= 4 is 0 Å². The van der Waals surface area contributed by atoms with Crippen LogP contribution in [0.3, 0.4) is 0 Å². The number of hydrogen-bond donors (Lipinski definition) is 1. The van der Waals surface area contributed by atoms with Crippen LogP contribution in [0, 0.1) is 5.92 Å². The number of β-amino-alcohol motifs (C(OH)–C–C–N with tert-alkyl or cyclic N) is 1. The van der Waals surface area contributed by atoms with Crippen LogP contribution in [0.2, 0.25) is 0 Å². The molecule has 0 radical (unpaired) electrons. The second-order valence-corrected chi connectivity index (χ2v) is 6.23. The first kappa shape index (κ1) is 14.8. The maximum atomic E-state index is 12.0. The SMILES string of the molecule is CCOC[C@H](O)CN1C[C@@H]2C[C@@H](C1)c1cccc(=O)n1C2. The first-order chi connectivity index (χ1) is 10.2. The molecule has 0 unspecified atom stereocenters. The molecule has 2 aliphatic rings. The molecule has 0 aliphatic carbocycles. The molecule has 21 heavy (non-hydrogen) atoms. The summed E-state index contributed by atoms with van der Waals surface area (Å²) in [6.07, 6.45) is 0.725. The number of nitrogens with zero attached hydrogens (tertiary/aromatic N) is 2. The van der Waals surface area contributed by atoms with Crippen LogP contribution in [0.4, 0.5) is 0 Å². The number of rotatable bonds is 5. The zero-order valence-corrected chi connectivity index (χ0v) is 12.6. The lowest BCUT2D eigenvalue weighted by Gasteiger charge is -2.43. The second kappa shape index (κ2) is 6.30. The van der Waals surface area contributed by atoms with Crippen molar-refractivity contribution in [3.05, 3.63) is 34.2 Å². The average molecular weight is 292 g/mol. The predicted molar refractivity (Wildman–Crippen MR) is 80.5 cm³/mol. The highest BCUT2D eigenvalue weighted by molar-refractivity contribution is 5.16. The fraction of sp³-hybridized carbons (Fsp3) is 0.688. The summed E-state index contributed by atoms with van der Waals surface area (Å²) in [4.78, 5) is 14.3. The number of hydrogen-bond acceptors (Lipinski definition) is 4. The standard InChI is InChI=1S/C16H24N2O3/c1-2-21-11-14(19)10-17-7-12-6-13(9-17)15-4-3-5-16(20)18(15)8-12/h3-5,12-14,19H,2,6-11H2,1H3/t12-,13-,14+/m0/s1. The van der Waals surface area contributed by atoms with Crippen molar-refractivity contribution in [2.45, 2.75) is 31.9 Å². The van der Waals surface area contributed by atoms with Gasteiger partial charge in [0.1, 0.15) is 0 Å². The van der Waals surface area contributed by atoms with E-state index in [1.165, 1.54) is 0 Å². The lowest BCUT2D eigenvalue weighted by atomic mass is 9.83. The Morgan fingerprint density at radius 2 is 2.24 bits per heavy atom. The average Bonchev–Trinajstić information content (AvgIpc) is 2.46. The number of pyridine rings is 1. The van der Waals surface area contributed by atoms with Gasteiger partial charge in [-0.2, -0.15) is 0 Å². The Morgan fingerprint density at radius 1 is 1.38 bits per heavy atom. The zero-order valence-electron chi connectivity index (χ0n) is 12.6. The molecule has 0 spiro atoms. The number of likely N-dealkylation sites (tertiary alicyclic amines) is 1. The van der Waals surface area contributed by atoms with Crippen molar-refractivity contribution in [2.24, 2.45) is 5.92 Å². The van der Waals surface area contributed by atoms with Crippen LogP contribution in [0.15, 0.2) is 23.0 Å². The molecule has 3 heterocycles. The normalized spacial score (nSPS) is 26.4. The molecule has 1 fully saturated rings. The van der Waals surface area contributed by atoms with E-state index in [0.29, 0.717) is 31.6 Å². The molecule has 1 aromatic rings. The van der Waals surface area contributed by atoms with E-state index < -0.39 is 6.10 Å². The summed E-state index contributed by atoms with van der Waals surface area (Å²) in [6, 6.07) is 5.58. The lowest BCUT2D eigenvalue weighted by Crippen LogP contribution is -2.49. The van der Waals surface area contributed by atoms with Crippen molar-refractivity contribution in [1.82, 2.24) is 9.47 Å². The molecule has 0 saturated carbocycles. The quantitative estimate of drug-likeness (QED) is 0.866. The third-order valence-electron chi connectivity index (χ3n) is 4.54. The zero-order chi connectivity index (χ0) is 14.8. The van der Waals surface area contributed by atoms with Gasteiger partial charge >= 0.3 is 0 Å². The Kier molecular flexibility index (Phi) is 4.42. The number of fused-ring (bicyclic) bond motifs is 4. The summed E-state index contributed by atoms with van der Waals surface area (Å²) in [5.74, 6) is 0.918. The minimum Gasteiger partial charge on any atom is -0.389 e. The van der Waals surface area contributed by atoms with E-state index in [4.69, 9.17) is 4.74 Å². The van der Waals surface area contributed by atoms with E-state index in [9.17, 15) is 9.90 Å². The Bertz CT molecular complexity index is 543. The van der Waals surface area contributed by atoms with Gasteiger partial charge in [-0.15, -0.1) is 0 Å². The van der Waals surface area contributed by atoms with Crippen LogP contribution in [0.1, 0.15) is 25.0 Å². The number of aromatic nitrogens is 1. The summed E-state index contributed by atoms with van der Waals surface area (Å²) in [5, 5.41) is 10.0. The molecule has 2 bridgehead atoms. The van der Waals surface area contributed by atoms with Gasteiger partial charge < -0.3 is 14.4 Å². The van der Waals surface area contributed by atoms with E-state index in [1.54, 1.807) is 6.07 Å². The number of piperidine rings is 1. The molecule has 1 saturated heterocycles. The minimum absolute atomic E-state index is 0.118. The third kappa shape index (κ3) is 3.20. The topological polar surface area (TPSA) is 54.7 Å². The van der Waals surface area contributed by atoms with Gasteiger partial charge in [-0.1, -0.05) is 6.07 Å². The Hall–Kier alpha value is -1.17. The lowest BCUT2D eigenvalue weighted by molar-refractivity contribution is 0.00625. The fourth-order valence-electron chi connectivity index (χ4n) is 3.75. The van der Waals surface area contributed by atoms with Crippen molar-refractivity contribution in [3.63, 3.8) is 0 Å². The van der Waals surface area contributed by atoms with E-state index in [0.717, 1.165) is 31.7 Å². The highest BCUT2D eigenvalue weighted by atomic mass is 16.5. The molecule has 5 heteroatoms. The first-order valence-electron chi connectivity index (χ1n) is 7.85.